The van der Waals surface area contributed by atoms with Crippen molar-refractivity contribution in [3.63, 3.8) is 0 Å². The maximum atomic E-state index is 12.2. The zero-order valence-corrected chi connectivity index (χ0v) is 12.9. The number of anilines is 1. The summed E-state index contributed by atoms with van der Waals surface area (Å²) in [6, 6.07) is 7.52. The Kier molecular flexibility index (Phi) is 5.31. The fourth-order valence-electron chi connectivity index (χ4n) is 2.56. The van der Waals surface area contributed by atoms with E-state index >= 15 is 0 Å². The van der Waals surface area contributed by atoms with Crippen LogP contribution in [0.3, 0.4) is 0 Å². The van der Waals surface area contributed by atoms with Gasteiger partial charge in [0.05, 0.1) is 4.92 Å². The number of nitrogens with zero attached hydrogens (tertiary/aromatic N) is 3. The third-order valence-corrected chi connectivity index (χ3v) is 3.68. The number of nitrogens with one attached hydrogen (secondary N) is 1. The molecule has 7 nitrogen and oxygen atoms in total. The van der Waals surface area contributed by atoms with Gasteiger partial charge in [-0.15, -0.1) is 0 Å². The van der Waals surface area contributed by atoms with Crippen LogP contribution >= 0.6 is 0 Å². The van der Waals surface area contributed by atoms with E-state index in [9.17, 15) is 20.2 Å². The Bertz CT molecular complexity index is 678. The first-order valence-corrected chi connectivity index (χ1v) is 7.41. The number of likely N-dealkylation sites (tertiary alicyclic amines) is 1. The SMILES string of the molecule is CC1CCCN(/C=C(/C#N)C(=O)Nc2cccc([N+](=O)[O-])c2)C1. The van der Waals surface area contributed by atoms with E-state index in [1.807, 2.05) is 11.0 Å². The number of benzene rings is 1. The Morgan fingerprint density at radius 3 is 3.00 bits per heavy atom. The summed E-state index contributed by atoms with van der Waals surface area (Å²) in [5.41, 5.74) is 0.165. The van der Waals surface area contributed by atoms with E-state index in [0.717, 1.165) is 25.9 Å². The molecule has 1 heterocycles. The van der Waals surface area contributed by atoms with E-state index in [1.165, 1.54) is 18.2 Å². The van der Waals surface area contributed by atoms with Gasteiger partial charge in [-0.1, -0.05) is 13.0 Å². The van der Waals surface area contributed by atoms with E-state index in [1.54, 1.807) is 12.3 Å². The second-order valence-electron chi connectivity index (χ2n) is 5.66. The van der Waals surface area contributed by atoms with E-state index in [2.05, 4.69) is 12.2 Å². The fraction of sp³-hybridized carbons (Fsp3) is 0.375. The minimum atomic E-state index is -0.564. The van der Waals surface area contributed by atoms with Crippen LogP contribution in [-0.4, -0.2) is 28.8 Å². The molecule has 0 aliphatic carbocycles. The number of non-ortho nitro benzene ring substituents is 1. The molecule has 0 saturated carbocycles. The van der Waals surface area contributed by atoms with E-state index in [4.69, 9.17) is 0 Å². The lowest BCUT2D eigenvalue weighted by Gasteiger charge is -2.29. The fourth-order valence-corrected chi connectivity index (χ4v) is 2.56. The van der Waals surface area contributed by atoms with Gasteiger partial charge in [0.25, 0.3) is 11.6 Å². The van der Waals surface area contributed by atoms with Crippen LogP contribution in [0.25, 0.3) is 0 Å². The van der Waals surface area contributed by atoms with Gasteiger partial charge >= 0.3 is 0 Å². The Labute approximate surface area is 134 Å². The largest absolute Gasteiger partial charge is 0.376 e. The summed E-state index contributed by atoms with van der Waals surface area (Å²) >= 11 is 0. The number of piperidine rings is 1. The number of rotatable bonds is 4. The van der Waals surface area contributed by atoms with Gasteiger partial charge in [-0.25, -0.2) is 0 Å². The van der Waals surface area contributed by atoms with Crippen LogP contribution < -0.4 is 5.32 Å². The van der Waals surface area contributed by atoms with Crippen LogP contribution in [-0.2, 0) is 4.79 Å². The van der Waals surface area contributed by atoms with Crippen LogP contribution in [0.5, 0.6) is 0 Å². The van der Waals surface area contributed by atoms with E-state index < -0.39 is 10.8 Å². The maximum Gasteiger partial charge on any atom is 0.271 e. The smallest absolute Gasteiger partial charge is 0.271 e. The highest BCUT2D eigenvalue weighted by Crippen LogP contribution is 2.19. The Morgan fingerprint density at radius 2 is 2.35 bits per heavy atom. The van der Waals surface area contributed by atoms with Gasteiger partial charge in [0, 0.05) is 37.1 Å². The molecule has 1 amide bonds. The third kappa shape index (κ3) is 4.54. The number of carbonyl (C=O) groups is 1. The minimum absolute atomic E-state index is 0.00870. The molecule has 1 fully saturated rings. The molecule has 120 valence electrons. The van der Waals surface area contributed by atoms with Gasteiger partial charge in [-0.05, 0) is 24.8 Å². The van der Waals surface area contributed by atoms with Gasteiger partial charge in [0.2, 0.25) is 0 Å². The standard InChI is InChI=1S/C16H18N4O3/c1-12-4-3-7-19(10-12)11-13(9-17)16(21)18-14-5-2-6-15(8-14)20(22)23/h2,5-6,8,11-12H,3-4,7,10H2,1H3,(H,18,21)/b13-11-. The van der Waals surface area contributed by atoms with Gasteiger partial charge in [-0.2, -0.15) is 5.26 Å². The molecule has 1 saturated heterocycles. The number of nitro groups is 1. The predicted octanol–water partition coefficient (Wildman–Crippen LogP) is 2.67. The van der Waals surface area contributed by atoms with Crippen molar-refractivity contribution < 1.29 is 9.72 Å². The summed E-state index contributed by atoms with van der Waals surface area (Å²) < 4.78 is 0. The molecule has 0 radical (unpaired) electrons. The molecule has 1 N–H and O–H groups in total. The van der Waals surface area contributed by atoms with Crippen molar-refractivity contribution >= 4 is 17.3 Å². The highest BCUT2D eigenvalue weighted by Gasteiger charge is 2.17. The molecule has 2 rings (SSSR count). The molecule has 23 heavy (non-hydrogen) atoms. The zero-order valence-electron chi connectivity index (χ0n) is 12.9. The third-order valence-electron chi connectivity index (χ3n) is 3.68. The van der Waals surface area contributed by atoms with Crippen molar-refractivity contribution in [1.29, 1.82) is 5.26 Å². The Balaban J connectivity index is 2.10. The maximum absolute atomic E-state index is 12.2. The summed E-state index contributed by atoms with van der Waals surface area (Å²) in [6.45, 7) is 3.77. The van der Waals surface area contributed by atoms with Crippen molar-refractivity contribution in [1.82, 2.24) is 4.90 Å². The molecule has 1 atom stereocenters. The number of carbonyl (C=O) groups excluding carboxylic acids is 1. The first-order valence-electron chi connectivity index (χ1n) is 7.41. The minimum Gasteiger partial charge on any atom is -0.376 e. The van der Waals surface area contributed by atoms with Crippen molar-refractivity contribution in [2.24, 2.45) is 5.92 Å². The summed E-state index contributed by atoms with van der Waals surface area (Å²) in [5.74, 6) is -0.0361. The topological polar surface area (TPSA) is 99.3 Å². The molecule has 1 aromatic carbocycles. The molecular formula is C16H18N4O3. The number of nitro benzene ring substituents is 1. The second kappa shape index (κ2) is 7.40. The van der Waals surface area contributed by atoms with Crippen LogP contribution in [0, 0.1) is 27.4 Å². The molecule has 7 heteroatoms. The van der Waals surface area contributed by atoms with Crippen LogP contribution in [0.4, 0.5) is 11.4 Å². The van der Waals surface area contributed by atoms with Gasteiger partial charge in [-0.3, -0.25) is 14.9 Å². The highest BCUT2D eigenvalue weighted by atomic mass is 16.6. The van der Waals surface area contributed by atoms with Crippen molar-refractivity contribution in [2.75, 3.05) is 18.4 Å². The molecule has 0 spiro atoms. The normalized spacial score (nSPS) is 18.2. The molecule has 1 aliphatic rings. The van der Waals surface area contributed by atoms with Crippen molar-refractivity contribution in [3.05, 3.63) is 46.2 Å². The van der Waals surface area contributed by atoms with Gasteiger partial charge in [0.1, 0.15) is 11.6 Å². The molecule has 1 aliphatic heterocycles. The summed E-state index contributed by atoms with van der Waals surface area (Å²) in [6.07, 6.45) is 3.75. The molecule has 0 bridgehead atoms. The monoisotopic (exact) mass is 314 g/mol. The average Bonchev–Trinajstić information content (AvgIpc) is 2.52. The van der Waals surface area contributed by atoms with Gasteiger partial charge in [0.15, 0.2) is 0 Å². The lowest BCUT2D eigenvalue weighted by atomic mass is 10.0. The van der Waals surface area contributed by atoms with E-state index in [-0.39, 0.29) is 16.9 Å². The number of amides is 1. The Morgan fingerprint density at radius 1 is 1.57 bits per heavy atom. The van der Waals surface area contributed by atoms with E-state index in [0.29, 0.717) is 5.92 Å². The quantitative estimate of drug-likeness (QED) is 0.398. The summed E-state index contributed by atoms with van der Waals surface area (Å²) in [4.78, 5) is 24.4. The number of hydrogen-bond donors (Lipinski definition) is 1. The first-order chi connectivity index (χ1) is 11.0. The summed E-state index contributed by atoms with van der Waals surface area (Å²) in [7, 11) is 0. The molecule has 1 unspecified atom stereocenters. The second-order valence-corrected chi connectivity index (χ2v) is 5.66. The Hall–Kier alpha value is -2.88. The van der Waals surface area contributed by atoms with Crippen molar-refractivity contribution in [2.45, 2.75) is 19.8 Å². The lowest BCUT2D eigenvalue weighted by Crippen LogP contribution is -2.31. The molecule has 1 aromatic rings. The van der Waals surface area contributed by atoms with Crippen LogP contribution in [0.15, 0.2) is 36.0 Å². The molecular weight excluding hydrogens is 296 g/mol. The number of hydrogen-bond acceptors (Lipinski definition) is 5. The lowest BCUT2D eigenvalue weighted by molar-refractivity contribution is -0.384. The average molecular weight is 314 g/mol. The first kappa shape index (κ1) is 16.5. The molecule has 0 aromatic heterocycles. The summed E-state index contributed by atoms with van der Waals surface area (Å²) in [5, 5.41) is 22.5. The van der Waals surface area contributed by atoms with Gasteiger partial charge < -0.3 is 10.2 Å². The van der Waals surface area contributed by atoms with Crippen LogP contribution in [0.2, 0.25) is 0 Å². The predicted molar refractivity (Wildman–Crippen MR) is 85.4 cm³/mol. The zero-order chi connectivity index (χ0) is 16.8. The number of nitriles is 1. The van der Waals surface area contributed by atoms with Crippen LogP contribution in [0.1, 0.15) is 19.8 Å². The highest BCUT2D eigenvalue weighted by molar-refractivity contribution is 6.06. The van der Waals surface area contributed by atoms with Crippen molar-refractivity contribution in [3.8, 4) is 6.07 Å².